The minimum atomic E-state index is -0.398. The van der Waals surface area contributed by atoms with Crippen molar-refractivity contribution in [2.24, 2.45) is 0 Å². The molecule has 3 heteroatoms. The lowest BCUT2D eigenvalue weighted by molar-refractivity contribution is 0.103. The van der Waals surface area contributed by atoms with Gasteiger partial charge in [-0.1, -0.05) is 30.3 Å². The summed E-state index contributed by atoms with van der Waals surface area (Å²) in [5.41, 5.74) is 2.34. The summed E-state index contributed by atoms with van der Waals surface area (Å²) in [5, 5.41) is 9.86. The Bertz CT molecular complexity index is 592. The lowest BCUT2D eigenvalue weighted by atomic mass is 10.0. The van der Waals surface area contributed by atoms with Crippen LogP contribution in [0.4, 0.5) is 5.69 Å². The number of nitrogens with zero attached hydrogens (tertiary/aromatic N) is 1. The van der Waals surface area contributed by atoms with Crippen molar-refractivity contribution < 1.29 is 9.90 Å². The Balaban J connectivity index is 1.81. The first kappa shape index (κ1) is 12.9. The molecule has 2 aromatic carbocycles. The fraction of sp³-hybridized carbons (Fsp3) is 0.235. The molecule has 1 atom stereocenters. The maximum atomic E-state index is 12.3. The second-order valence-electron chi connectivity index (χ2n) is 5.06. The van der Waals surface area contributed by atoms with Gasteiger partial charge in [0.05, 0.1) is 0 Å². The Morgan fingerprint density at radius 1 is 1.00 bits per heavy atom. The van der Waals surface area contributed by atoms with Crippen LogP contribution in [0.5, 0.6) is 0 Å². The summed E-state index contributed by atoms with van der Waals surface area (Å²) in [6.07, 6.45) is 1.42. The second kappa shape index (κ2) is 5.47. The summed E-state index contributed by atoms with van der Waals surface area (Å²) in [6.45, 7) is 0.868. The number of carbonyl (C=O) groups is 1. The first-order valence-electron chi connectivity index (χ1n) is 6.90. The van der Waals surface area contributed by atoms with E-state index in [1.807, 2.05) is 59.5 Å². The standard InChI is InChI=1S/C17H17NO2/c19-16-7-4-12-18(16)15-10-8-14(9-11-15)17(20)13-5-2-1-3-6-13/h1-3,5-6,8-11,16,19H,4,7,12H2. The zero-order valence-electron chi connectivity index (χ0n) is 11.2. The molecular weight excluding hydrogens is 250 g/mol. The summed E-state index contributed by atoms with van der Waals surface area (Å²) >= 11 is 0. The van der Waals surface area contributed by atoms with E-state index in [1.54, 1.807) is 0 Å². The lowest BCUT2D eigenvalue weighted by Gasteiger charge is -2.22. The first-order chi connectivity index (χ1) is 9.75. The average Bonchev–Trinajstić information content (AvgIpc) is 2.94. The Hall–Kier alpha value is -2.13. The molecule has 0 saturated carbocycles. The van der Waals surface area contributed by atoms with Gasteiger partial charge in [-0.25, -0.2) is 0 Å². The predicted octanol–water partition coefficient (Wildman–Crippen LogP) is 2.84. The van der Waals surface area contributed by atoms with Gasteiger partial charge in [-0.3, -0.25) is 4.79 Å². The van der Waals surface area contributed by atoms with E-state index < -0.39 is 6.23 Å². The van der Waals surface area contributed by atoms with Crippen molar-refractivity contribution >= 4 is 11.5 Å². The average molecular weight is 267 g/mol. The first-order valence-corrected chi connectivity index (χ1v) is 6.90. The zero-order chi connectivity index (χ0) is 13.9. The van der Waals surface area contributed by atoms with Crippen LogP contribution in [0.1, 0.15) is 28.8 Å². The summed E-state index contributed by atoms with van der Waals surface area (Å²) < 4.78 is 0. The van der Waals surface area contributed by atoms with E-state index >= 15 is 0 Å². The predicted molar refractivity (Wildman–Crippen MR) is 78.9 cm³/mol. The SMILES string of the molecule is O=C(c1ccccc1)c1ccc(N2CCCC2O)cc1. The molecule has 1 heterocycles. The van der Waals surface area contributed by atoms with Crippen LogP contribution in [0, 0.1) is 0 Å². The largest absolute Gasteiger partial charge is 0.374 e. The van der Waals surface area contributed by atoms with Gasteiger partial charge in [-0.2, -0.15) is 0 Å². The third-order valence-electron chi connectivity index (χ3n) is 3.72. The number of benzene rings is 2. The van der Waals surface area contributed by atoms with Crippen LogP contribution in [-0.2, 0) is 0 Å². The van der Waals surface area contributed by atoms with E-state index in [0.29, 0.717) is 11.1 Å². The third-order valence-corrected chi connectivity index (χ3v) is 3.72. The monoisotopic (exact) mass is 267 g/mol. The van der Waals surface area contributed by atoms with Gasteiger partial charge in [-0.15, -0.1) is 0 Å². The van der Waals surface area contributed by atoms with Gasteiger partial charge in [0.1, 0.15) is 6.23 Å². The van der Waals surface area contributed by atoms with Crippen LogP contribution in [0.15, 0.2) is 54.6 Å². The third kappa shape index (κ3) is 2.45. The Labute approximate surface area is 118 Å². The fourth-order valence-corrected chi connectivity index (χ4v) is 2.61. The Morgan fingerprint density at radius 3 is 2.25 bits per heavy atom. The smallest absolute Gasteiger partial charge is 0.193 e. The quantitative estimate of drug-likeness (QED) is 0.869. The van der Waals surface area contributed by atoms with E-state index in [4.69, 9.17) is 0 Å². The van der Waals surface area contributed by atoms with Gasteiger partial charge >= 0.3 is 0 Å². The van der Waals surface area contributed by atoms with E-state index in [1.165, 1.54) is 0 Å². The van der Waals surface area contributed by atoms with Gasteiger partial charge in [0.15, 0.2) is 5.78 Å². The molecule has 0 aromatic heterocycles. The molecule has 1 fully saturated rings. The summed E-state index contributed by atoms with van der Waals surface area (Å²) in [5.74, 6) is 0.0270. The minimum Gasteiger partial charge on any atom is -0.374 e. The lowest BCUT2D eigenvalue weighted by Crippen LogP contribution is -2.28. The maximum Gasteiger partial charge on any atom is 0.193 e. The molecule has 1 N–H and O–H groups in total. The van der Waals surface area contributed by atoms with E-state index in [2.05, 4.69) is 0 Å². The molecule has 3 rings (SSSR count). The van der Waals surface area contributed by atoms with Crippen molar-refractivity contribution in [3.8, 4) is 0 Å². The molecule has 0 amide bonds. The molecule has 102 valence electrons. The Morgan fingerprint density at radius 2 is 1.65 bits per heavy atom. The molecule has 20 heavy (non-hydrogen) atoms. The van der Waals surface area contributed by atoms with Crippen molar-refractivity contribution in [3.05, 3.63) is 65.7 Å². The molecule has 1 aliphatic rings. The highest BCUT2D eigenvalue weighted by Gasteiger charge is 2.22. The topological polar surface area (TPSA) is 40.5 Å². The summed E-state index contributed by atoms with van der Waals surface area (Å²) in [6, 6.07) is 16.7. The van der Waals surface area contributed by atoms with Crippen LogP contribution in [-0.4, -0.2) is 23.7 Å². The van der Waals surface area contributed by atoms with Crippen LogP contribution in [0.3, 0.4) is 0 Å². The van der Waals surface area contributed by atoms with Gasteiger partial charge in [-0.05, 0) is 37.1 Å². The van der Waals surface area contributed by atoms with Crippen molar-refractivity contribution in [2.45, 2.75) is 19.1 Å². The molecule has 1 unspecified atom stereocenters. The number of hydrogen-bond acceptors (Lipinski definition) is 3. The van der Waals surface area contributed by atoms with Crippen molar-refractivity contribution in [3.63, 3.8) is 0 Å². The van der Waals surface area contributed by atoms with Gasteiger partial charge in [0.25, 0.3) is 0 Å². The Kier molecular flexibility index (Phi) is 3.52. The summed E-state index contributed by atoms with van der Waals surface area (Å²) in [4.78, 5) is 14.2. The fourth-order valence-electron chi connectivity index (χ4n) is 2.61. The maximum absolute atomic E-state index is 12.3. The second-order valence-corrected chi connectivity index (χ2v) is 5.06. The highest BCUT2D eigenvalue weighted by atomic mass is 16.3. The molecule has 0 bridgehead atoms. The zero-order valence-corrected chi connectivity index (χ0v) is 11.2. The number of aliphatic hydroxyl groups is 1. The number of aliphatic hydroxyl groups excluding tert-OH is 1. The van der Waals surface area contributed by atoms with E-state index in [0.717, 1.165) is 25.1 Å². The molecule has 0 spiro atoms. The molecule has 0 aliphatic carbocycles. The molecule has 0 radical (unpaired) electrons. The van der Waals surface area contributed by atoms with E-state index in [9.17, 15) is 9.90 Å². The molecule has 2 aromatic rings. The van der Waals surface area contributed by atoms with Crippen molar-refractivity contribution in [1.82, 2.24) is 0 Å². The van der Waals surface area contributed by atoms with Crippen molar-refractivity contribution in [2.75, 3.05) is 11.4 Å². The van der Waals surface area contributed by atoms with Gasteiger partial charge < -0.3 is 10.0 Å². The highest BCUT2D eigenvalue weighted by molar-refractivity contribution is 6.09. The highest BCUT2D eigenvalue weighted by Crippen LogP contribution is 2.24. The molecule has 3 nitrogen and oxygen atoms in total. The van der Waals surface area contributed by atoms with Crippen LogP contribution in [0.25, 0.3) is 0 Å². The molecular formula is C17H17NO2. The number of hydrogen-bond donors (Lipinski definition) is 1. The van der Waals surface area contributed by atoms with Crippen LogP contribution < -0.4 is 4.90 Å². The number of ketones is 1. The van der Waals surface area contributed by atoms with Crippen molar-refractivity contribution in [1.29, 1.82) is 0 Å². The number of anilines is 1. The van der Waals surface area contributed by atoms with Crippen LogP contribution in [0.2, 0.25) is 0 Å². The molecule has 1 aliphatic heterocycles. The molecule has 1 saturated heterocycles. The van der Waals surface area contributed by atoms with Gasteiger partial charge in [0.2, 0.25) is 0 Å². The number of carbonyl (C=O) groups excluding carboxylic acids is 1. The minimum absolute atomic E-state index is 0.0270. The normalized spacial score (nSPS) is 18.2. The number of rotatable bonds is 3. The summed E-state index contributed by atoms with van der Waals surface area (Å²) in [7, 11) is 0. The van der Waals surface area contributed by atoms with E-state index in [-0.39, 0.29) is 5.78 Å². The van der Waals surface area contributed by atoms with Crippen LogP contribution >= 0.6 is 0 Å². The van der Waals surface area contributed by atoms with Gasteiger partial charge in [0, 0.05) is 23.4 Å².